The van der Waals surface area contributed by atoms with Gasteiger partial charge in [0.2, 0.25) is 0 Å². The van der Waals surface area contributed by atoms with E-state index in [0.29, 0.717) is 12.1 Å². The number of benzene rings is 1. The molecule has 0 heterocycles. The lowest BCUT2D eigenvalue weighted by molar-refractivity contribution is 0.475. The lowest BCUT2D eigenvalue weighted by Crippen LogP contribution is -2.40. The van der Waals surface area contributed by atoms with Crippen LogP contribution < -0.4 is 11.1 Å². The molecule has 0 aliphatic heterocycles. The van der Waals surface area contributed by atoms with Crippen LogP contribution in [0.25, 0.3) is 0 Å². The number of rotatable bonds is 3. The number of hydrogen-bond acceptors (Lipinski definition) is 2. The lowest BCUT2D eigenvalue weighted by atomic mass is 10.1. The Kier molecular flexibility index (Phi) is 3.78. The standard InChI is InChI=1S/C12H17BrN2/c13-10-6-4-9(5-7-10)8-15-12-3-1-2-11(12)14/h4-7,11-12,15H,1-3,8,14H2. The molecule has 82 valence electrons. The second kappa shape index (κ2) is 5.10. The molecule has 0 aromatic heterocycles. The van der Waals surface area contributed by atoms with Crippen LogP contribution >= 0.6 is 15.9 Å². The summed E-state index contributed by atoms with van der Waals surface area (Å²) < 4.78 is 1.13. The molecule has 1 aromatic rings. The molecule has 1 aliphatic rings. The third-order valence-corrected chi connectivity index (χ3v) is 3.58. The lowest BCUT2D eigenvalue weighted by Gasteiger charge is -2.17. The van der Waals surface area contributed by atoms with E-state index in [4.69, 9.17) is 5.73 Å². The molecule has 0 radical (unpaired) electrons. The Morgan fingerprint density at radius 1 is 1.27 bits per heavy atom. The van der Waals surface area contributed by atoms with E-state index in [0.717, 1.165) is 17.4 Å². The molecule has 1 aromatic carbocycles. The first-order valence-electron chi connectivity index (χ1n) is 5.49. The molecule has 3 heteroatoms. The summed E-state index contributed by atoms with van der Waals surface area (Å²) in [5.74, 6) is 0. The van der Waals surface area contributed by atoms with Crippen LogP contribution in [0.3, 0.4) is 0 Å². The van der Waals surface area contributed by atoms with Crippen LogP contribution in [0.1, 0.15) is 24.8 Å². The summed E-state index contributed by atoms with van der Waals surface area (Å²) in [6.45, 7) is 0.922. The fourth-order valence-electron chi connectivity index (χ4n) is 2.09. The smallest absolute Gasteiger partial charge is 0.0222 e. The Balaban J connectivity index is 1.85. The summed E-state index contributed by atoms with van der Waals surface area (Å²) >= 11 is 3.43. The molecule has 2 nitrogen and oxygen atoms in total. The zero-order valence-corrected chi connectivity index (χ0v) is 10.3. The van der Waals surface area contributed by atoms with Crippen molar-refractivity contribution in [2.45, 2.75) is 37.9 Å². The highest BCUT2D eigenvalue weighted by Crippen LogP contribution is 2.18. The SMILES string of the molecule is NC1CCCC1NCc1ccc(Br)cc1. The Labute approximate surface area is 99.4 Å². The van der Waals surface area contributed by atoms with Gasteiger partial charge >= 0.3 is 0 Å². The molecular weight excluding hydrogens is 252 g/mol. The first-order valence-corrected chi connectivity index (χ1v) is 6.28. The largest absolute Gasteiger partial charge is 0.326 e. The van der Waals surface area contributed by atoms with Crippen LogP contribution in [0.15, 0.2) is 28.7 Å². The van der Waals surface area contributed by atoms with E-state index in [1.54, 1.807) is 0 Å². The second-order valence-corrected chi connectivity index (χ2v) is 5.12. The highest BCUT2D eigenvalue weighted by atomic mass is 79.9. The minimum Gasteiger partial charge on any atom is -0.326 e. The van der Waals surface area contributed by atoms with Gasteiger partial charge < -0.3 is 11.1 Å². The number of hydrogen-bond donors (Lipinski definition) is 2. The predicted molar refractivity (Wildman–Crippen MR) is 66.6 cm³/mol. The van der Waals surface area contributed by atoms with E-state index in [1.165, 1.54) is 18.4 Å². The average Bonchev–Trinajstić information content (AvgIpc) is 2.63. The quantitative estimate of drug-likeness (QED) is 0.884. The maximum absolute atomic E-state index is 6.00. The Hall–Kier alpha value is -0.380. The van der Waals surface area contributed by atoms with E-state index >= 15 is 0 Å². The van der Waals surface area contributed by atoms with Gasteiger partial charge in [-0.2, -0.15) is 0 Å². The Bertz CT molecular complexity index is 310. The molecule has 0 amide bonds. The molecule has 1 fully saturated rings. The van der Waals surface area contributed by atoms with Crippen molar-refractivity contribution < 1.29 is 0 Å². The summed E-state index contributed by atoms with van der Waals surface area (Å²) in [6, 6.07) is 9.28. The molecule has 1 aliphatic carbocycles. The highest BCUT2D eigenvalue weighted by molar-refractivity contribution is 9.10. The van der Waals surface area contributed by atoms with E-state index in [2.05, 4.69) is 45.5 Å². The van der Waals surface area contributed by atoms with E-state index in [-0.39, 0.29) is 0 Å². The topological polar surface area (TPSA) is 38.0 Å². The fourth-order valence-corrected chi connectivity index (χ4v) is 2.36. The van der Waals surface area contributed by atoms with Crippen LogP contribution in [-0.4, -0.2) is 12.1 Å². The third kappa shape index (κ3) is 3.03. The average molecular weight is 269 g/mol. The van der Waals surface area contributed by atoms with Crippen LogP contribution in [0.5, 0.6) is 0 Å². The van der Waals surface area contributed by atoms with Crippen molar-refractivity contribution in [2.24, 2.45) is 5.73 Å². The molecular formula is C12H17BrN2. The normalized spacial score (nSPS) is 25.7. The number of nitrogens with two attached hydrogens (primary N) is 1. The Morgan fingerprint density at radius 2 is 2.00 bits per heavy atom. The summed E-state index contributed by atoms with van der Waals surface area (Å²) in [5.41, 5.74) is 7.31. The highest BCUT2D eigenvalue weighted by Gasteiger charge is 2.22. The van der Waals surface area contributed by atoms with Gasteiger partial charge in [0, 0.05) is 23.1 Å². The van der Waals surface area contributed by atoms with Gasteiger partial charge in [0.1, 0.15) is 0 Å². The molecule has 3 N–H and O–H groups in total. The number of nitrogens with one attached hydrogen (secondary N) is 1. The maximum Gasteiger partial charge on any atom is 0.0222 e. The van der Waals surface area contributed by atoms with Crippen molar-refractivity contribution >= 4 is 15.9 Å². The van der Waals surface area contributed by atoms with E-state index < -0.39 is 0 Å². The van der Waals surface area contributed by atoms with Gasteiger partial charge in [-0.15, -0.1) is 0 Å². The van der Waals surface area contributed by atoms with Gasteiger partial charge in [-0.25, -0.2) is 0 Å². The fraction of sp³-hybridized carbons (Fsp3) is 0.500. The summed E-state index contributed by atoms with van der Waals surface area (Å²) in [7, 11) is 0. The molecule has 0 saturated heterocycles. The summed E-state index contributed by atoms with van der Waals surface area (Å²) in [5, 5.41) is 3.53. The van der Waals surface area contributed by atoms with Gasteiger partial charge in [-0.05, 0) is 30.5 Å². The van der Waals surface area contributed by atoms with Gasteiger partial charge in [0.05, 0.1) is 0 Å². The zero-order chi connectivity index (χ0) is 10.7. The van der Waals surface area contributed by atoms with Gasteiger partial charge in [0.25, 0.3) is 0 Å². The van der Waals surface area contributed by atoms with Crippen LogP contribution in [-0.2, 0) is 6.54 Å². The van der Waals surface area contributed by atoms with E-state index in [1.807, 2.05) is 0 Å². The molecule has 2 unspecified atom stereocenters. The van der Waals surface area contributed by atoms with E-state index in [9.17, 15) is 0 Å². The number of halogens is 1. The van der Waals surface area contributed by atoms with Gasteiger partial charge in [-0.3, -0.25) is 0 Å². The van der Waals surface area contributed by atoms with Gasteiger partial charge in [-0.1, -0.05) is 34.5 Å². The maximum atomic E-state index is 6.00. The summed E-state index contributed by atoms with van der Waals surface area (Å²) in [6.07, 6.45) is 3.65. The minimum atomic E-state index is 0.348. The molecule has 0 bridgehead atoms. The second-order valence-electron chi connectivity index (χ2n) is 4.21. The van der Waals surface area contributed by atoms with Crippen LogP contribution in [0.4, 0.5) is 0 Å². The first kappa shape index (κ1) is 11.1. The van der Waals surface area contributed by atoms with Crippen molar-refractivity contribution in [1.82, 2.24) is 5.32 Å². The van der Waals surface area contributed by atoms with Crippen molar-refractivity contribution in [3.8, 4) is 0 Å². The van der Waals surface area contributed by atoms with Crippen molar-refractivity contribution in [2.75, 3.05) is 0 Å². The molecule has 1 saturated carbocycles. The van der Waals surface area contributed by atoms with Gasteiger partial charge in [0.15, 0.2) is 0 Å². The monoisotopic (exact) mass is 268 g/mol. The Morgan fingerprint density at radius 3 is 2.60 bits per heavy atom. The van der Waals surface area contributed by atoms with Crippen molar-refractivity contribution in [3.05, 3.63) is 34.3 Å². The minimum absolute atomic E-state index is 0.348. The molecule has 2 rings (SSSR count). The summed E-state index contributed by atoms with van der Waals surface area (Å²) in [4.78, 5) is 0. The molecule has 15 heavy (non-hydrogen) atoms. The van der Waals surface area contributed by atoms with Crippen molar-refractivity contribution in [3.63, 3.8) is 0 Å². The predicted octanol–water partition coefficient (Wildman–Crippen LogP) is 2.42. The first-order chi connectivity index (χ1) is 7.25. The molecule has 0 spiro atoms. The van der Waals surface area contributed by atoms with Crippen molar-refractivity contribution in [1.29, 1.82) is 0 Å². The van der Waals surface area contributed by atoms with Crippen LogP contribution in [0, 0.1) is 0 Å². The third-order valence-electron chi connectivity index (χ3n) is 3.05. The van der Waals surface area contributed by atoms with Crippen LogP contribution in [0.2, 0.25) is 0 Å². The molecule has 2 atom stereocenters. The zero-order valence-electron chi connectivity index (χ0n) is 8.75.